The molecule has 0 amide bonds. The zero-order chi connectivity index (χ0) is 15.5. The van der Waals surface area contributed by atoms with Gasteiger partial charge in [0, 0.05) is 5.56 Å². The van der Waals surface area contributed by atoms with Gasteiger partial charge in [0.1, 0.15) is 6.04 Å². The molecule has 0 unspecified atom stereocenters. The van der Waals surface area contributed by atoms with Crippen LogP contribution in [0.15, 0.2) is 28.8 Å². The number of hydrogen-bond donors (Lipinski definition) is 0. The Kier molecular flexibility index (Phi) is 4.20. The van der Waals surface area contributed by atoms with E-state index in [2.05, 4.69) is 10.1 Å². The molecule has 1 saturated heterocycles. The maximum absolute atomic E-state index is 11.8. The second kappa shape index (κ2) is 6.27. The van der Waals surface area contributed by atoms with E-state index in [1.54, 1.807) is 0 Å². The van der Waals surface area contributed by atoms with Crippen LogP contribution in [0.1, 0.15) is 24.2 Å². The van der Waals surface area contributed by atoms with E-state index in [0.29, 0.717) is 18.3 Å². The van der Waals surface area contributed by atoms with E-state index in [1.807, 2.05) is 36.1 Å². The SMILES string of the molecule is COC(=O)[C@@H]1CCCN1Cc1noc(-c2ccccc2C)n1. The second-order valence-electron chi connectivity index (χ2n) is 5.48. The minimum Gasteiger partial charge on any atom is -0.468 e. The molecule has 1 aromatic carbocycles. The molecule has 6 nitrogen and oxygen atoms in total. The highest BCUT2D eigenvalue weighted by Gasteiger charge is 2.32. The monoisotopic (exact) mass is 301 g/mol. The minimum atomic E-state index is -0.203. The van der Waals surface area contributed by atoms with Crippen molar-refractivity contribution < 1.29 is 14.1 Å². The molecule has 1 aliphatic rings. The third-order valence-electron chi connectivity index (χ3n) is 4.02. The predicted octanol–water partition coefficient (Wildman–Crippen LogP) is 2.18. The van der Waals surface area contributed by atoms with E-state index in [9.17, 15) is 4.79 Å². The van der Waals surface area contributed by atoms with Crippen LogP contribution in [0.4, 0.5) is 0 Å². The number of carbonyl (C=O) groups is 1. The Morgan fingerprint density at radius 3 is 3.05 bits per heavy atom. The van der Waals surface area contributed by atoms with Crippen LogP contribution in [0.2, 0.25) is 0 Å². The zero-order valence-electron chi connectivity index (χ0n) is 12.8. The Labute approximate surface area is 129 Å². The lowest BCUT2D eigenvalue weighted by molar-refractivity contribution is -0.146. The molecule has 1 aliphatic heterocycles. The number of aryl methyl sites for hydroxylation is 1. The van der Waals surface area contributed by atoms with Gasteiger partial charge < -0.3 is 9.26 Å². The Balaban J connectivity index is 1.75. The van der Waals surface area contributed by atoms with Crippen molar-refractivity contribution in [2.75, 3.05) is 13.7 Å². The molecule has 116 valence electrons. The fourth-order valence-corrected chi connectivity index (χ4v) is 2.84. The topological polar surface area (TPSA) is 68.5 Å². The predicted molar refractivity (Wildman–Crippen MR) is 79.9 cm³/mol. The number of methoxy groups -OCH3 is 1. The maximum Gasteiger partial charge on any atom is 0.323 e. The van der Waals surface area contributed by atoms with Crippen molar-refractivity contribution in [3.63, 3.8) is 0 Å². The van der Waals surface area contributed by atoms with E-state index in [0.717, 1.165) is 30.5 Å². The first-order chi connectivity index (χ1) is 10.7. The molecular weight excluding hydrogens is 282 g/mol. The highest BCUT2D eigenvalue weighted by atomic mass is 16.5. The van der Waals surface area contributed by atoms with Crippen LogP contribution in [0.3, 0.4) is 0 Å². The van der Waals surface area contributed by atoms with Gasteiger partial charge in [-0.3, -0.25) is 9.69 Å². The van der Waals surface area contributed by atoms with Gasteiger partial charge in [0.05, 0.1) is 13.7 Å². The van der Waals surface area contributed by atoms with Gasteiger partial charge >= 0.3 is 5.97 Å². The average molecular weight is 301 g/mol. The second-order valence-corrected chi connectivity index (χ2v) is 5.48. The fourth-order valence-electron chi connectivity index (χ4n) is 2.84. The normalized spacial score (nSPS) is 18.5. The number of hydrogen-bond acceptors (Lipinski definition) is 6. The number of rotatable bonds is 4. The minimum absolute atomic E-state index is 0.194. The van der Waals surface area contributed by atoms with Crippen molar-refractivity contribution in [2.24, 2.45) is 0 Å². The molecule has 0 bridgehead atoms. The number of aromatic nitrogens is 2. The van der Waals surface area contributed by atoms with E-state index in [1.165, 1.54) is 7.11 Å². The van der Waals surface area contributed by atoms with Gasteiger partial charge in [-0.2, -0.15) is 4.98 Å². The maximum atomic E-state index is 11.8. The van der Waals surface area contributed by atoms with Gasteiger partial charge in [-0.15, -0.1) is 0 Å². The molecular formula is C16H19N3O3. The van der Waals surface area contributed by atoms with Crippen LogP contribution in [-0.4, -0.2) is 40.7 Å². The van der Waals surface area contributed by atoms with Crippen LogP contribution < -0.4 is 0 Å². The Morgan fingerprint density at radius 1 is 1.45 bits per heavy atom. The van der Waals surface area contributed by atoms with Crippen LogP contribution >= 0.6 is 0 Å². The quantitative estimate of drug-likeness (QED) is 0.806. The number of nitrogens with zero attached hydrogens (tertiary/aromatic N) is 3. The number of esters is 1. The Morgan fingerprint density at radius 2 is 2.27 bits per heavy atom. The molecule has 1 atom stereocenters. The average Bonchev–Trinajstić information content (AvgIpc) is 3.17. The molecule has 1 fully saturated rings. The molecule has 2 aromatic rings. The summed E-state index contributed by atoms with van der Waals surface area (Å²) < 4.78 is 10.2. The molecule has 0 aliphatic carbocycles. The first kappa shape index (κ1) is 14.7. The van der Waals surface area contributed by atoms with E-state index < -0.39 is 0 Å². The van der Waals surface area contributed by atoms with Crippen molar-refractivity contribution >= 4 is 5.97 Å². The van der Waals surface area contributed by atoms with E-state index in [4.69, 9.17) is 9.26 Å². The fraction of sp³-hybridized carbons (Fsp3) is 0.438. The summed E-state index contributed by atoms with van der Waals surface area (Å²) in [7, 11) is 1.42. The molecule has 0 radical (unpaired) electrons. The third kappa shape index (κ3) is 2.87. The summed E-state index contributed by atoms with van der Waals surface area (Å²) in [6, 6.07) is 7.68. The van der Waals surface area contributed by atoms with Crippen LogP contribution in [0.25, 0.3) is 11.5 Å². The summed E-state index contributed by atoms with van der Waals surface area (Å²) in [5.74, 6) is 0.913. The molecule has 6 heteroatoms. The number of ether oxygens (including phenoxy) is 1. The van der Waals surface area contributed by atoms with Crippen molar-refractivity contribution in [2.45, 2.75) is 32.4 Å². The van der Waals surface area contributed by atoms with Crippen molar-refractivity contribution in [1.29, 1.82) is 0 Å². The van der Waals surface area contributed by atoms with Gasteiger partial charge in [0.25, 0.3) is 5.89 Å². The van der Waals surface area contributed by atoms with Gasteiger partial charge in [-0.05, 0) is 37.9 Å². The van der Waals surface area contributed by atoms with E-state index in [-0.39, 0.29) is 12.0 Å². The summed E-state index contributed by atoms with van der Waals surface area (Å²) in [4.78, 5) is 18.3. The van der Waals surface area contributed by atoms with Gasteiger partial charge in [-0.1, -0.05) is 23.4 Å². The zero-order valence-corrected chi connectivity index (χ0v) is 12.8. The van der Waals surface area contributed by atoms with Crippen LogP contribution in [0.5, 0.6) is 0 Å². The third-order valence-corrected chi connectivity index (χ3v) is 4.02. The number of carbonyl (C=O) groups excluding carboxylic acids is 1. The van der Waals surface area contributed by atoms with Gasteiger partial charge in [0.15, 0.2) is 5.82 Å². The summed E-state index contributed by atoms with van der Waals surface area (Å²) in [6.45, 7) is 3.34. The van der Waals surface area contributed by atoms with Crippen molar-refractivity contribution in [3.05, 3.63) is 35.7 Å². The van der Waals surface area contributed by atoms with Gasteiger partial charge in [-0.25, -0.2) is 0 Å². The summed E-state index contributed by atoms with van der Waals surface area (Å²) in [6.07, 6.45) is 1.79. The highest BCUT2D eigenvalue weighted by molar-refractivity contribution is 5.75. The number of likely N-dealkylation sites (tertiary alicyclic amines) is 1. The van der Waals surface area contributed by atoms with Crippen molar-refractivity contribution in [1.82, 2.24) is 15.0 Å². The lowest BCUT2D eigenvalue weighted by Crippen LogP contribution is -2.36. The standard InChI is InChI=1S/C16H19N3O3/c1-11-6-3-4-7-12(11)15-17-14(18-22-15)10-19-9-5-8-13(19)16(20)21-2/h3-4,6-7,13H,5,8-10H2,1-2H3/t13-/m0/s1. The smallest absolute Gasteiger partial charge is 0.323 e. The molecule has 0 N–H and O–H groups in total. The molecule has 0 spiro atoms. The molecule has 22 heavy (non-hydrogen) atoms. The van der Waals surface area contributed by atoms with Gasteiger partial charge in [0.2, 0.25) is 0 Å². The highest BCUT2D eigenvalue weighted by Crippen LogP contribution is 2.23. The lowest BCUT2D eigenvalue weighted by Gasteiger charge is -2.20. The summed E-state index contributed by atoms with van der Waals surface area (Å²) in [5.41, 5.74) is 2.03. The summed E-state index contributed by atoms with van der Waals surface area (Å²) >= 11 is 0. The van der Waals surface area contributed by atoms with Crippen LogP contribution in [-0.2, 0) is 16.1 Å². The molecule has 2 heterocycles. The molecule has 1 aromatic heterocycles. The number of benzene rings is 1. The summed E-state index contributed by atoms with van der Waals surface area (Å²) in [5, 5.41) is 4.04. The Bertz CT molecular complexity index is 668. The molecule has 0 saturated carbocycles. The van der Waals surface area contributed by atoms with E-state index >= 15 is 0 Å². The first-order valence-corrected chi connectivity index (χ1v) is 7.39. The first-order valence-electron chi connectivity index (χ1n) is 7.39. The van der Waals surface area contributed by atoms with Crippen LogP contribution in [0, 0.1) is 6.92 Å². The largest absolute Gasteiger partial charge is 0.468 e. The lowest BCUT2D eigenvalue weighted by atomic mass is 10.1. The molecule has 3 rings (SSSR count). The van der Waals surface area contributed by atoms with Crippen molar-refractivity contribution in [3.8, 4) is 11.5 Å². The Hall–Kier alpha value is -2.21.